The second kappa shape index (κ2) is 15.3. The van der Waals surface area contributed by atoms with Gasteiger partial charge in [0.15, 0.2) is 0 Å². The molecule has 0 aliphatic carbocycles. The van der Waals surface area contributed by atoms with Crippen LogP contribution in [0.15, 0.2) is 144 Å². The predicted molar refractivity (Wildman–Crippen MR) is 180 cm³/mol. The normalized spacial score (nSPS) is 11.6. The number of halogens is 1. The average Bonchev–Trinajstić information content (AvgIpc) is 3.09. The number of carbonyl (C=O) groups excluding carboxylic acids is 3. The number of amides is 3. The first kappa shape index (κ1) is 32.4. The summed E-state index contributed by atoms with van der Waals surface area (Å²) in [6.07, 6.45) is 1.46. The van der Waals surface area contributed by atoms with E-state index in [9.17, 15) is 23.6 Å². The second-order valence-electron chi connectivity index (χ2n) is 10.2. The van der Waals surface area contributed by atoms with Gasteiger partial charge in [-0.2, -0.15) is 0 Å². The maximum Gasteiger partial charge on any atom is 0.335 e. The van der Waals surface area contributed by atoms with E-state index < -0.39 is 28.9 Å². The average molecular weight is 646 g/mol. The minimum absolute atomic E-state index is 0.0406. The zero-order valence-corrected chi connectivity index (χ0v) is 25.5. The summed E-state index contributed by atoms with van der Waals surface area (Å²) in [6, 6.07) is 36.0. The van der Waals surface area contributed by atoms with Gasteiger partial charge in [0.05, 0.1) is 5.56 Å². The van der Waals surface area contributed by atoms with Crippen molar-refractivity contribution in [3.05, 3.63) is 167 Å². The Bertz CT molecular complexity index is 1900. The van der Waals surface area contributed by atoms with Crippen LogP contribution in [0, 0.1) is 5.82 Å². The van der Waals surface area contributed by atoms with Crippen LogP contribution in [0.4, 0.5) is 15.8 Å². The molecule has 0 saturated heterocycles. The maximum absolute atomic E-state index is 13.5. The fourth-order valence-corrected chi connectivity index (χ4v) is 5.45. The Morgan fingerprint density at radius 2 is 1.23 bits per heavy atom. The lowest BCUT2D eigenvalue weighted by Crippen LogP contribution is -2.30. The molecule has 0 fully saturated rings. The summed E-state index contributed by atoms with van der Waals surface area (Å²) in [5.74, 6) is -2.86. The molecule has 1 atom stereocenters. The van der Waals surface area contributed by atoms with Crippen LogP contribution in [0.5, 0.6) is 0 Å². The second-order valence-corrected chi connectivity index (χ2v) is 11.4. The standard InChI is InChI=1S/C37H28FN3O5S/c38-28-15-11-24(12-16-28)23-32(41-34(42)26-9-5-2-6-10-26)35(43)39-30-19-21-31(22-20-30)47-33(25-7-3-1-4-8-25)36(44)40-29-17-13-27(14-18-29)37(45)46/h1-23,33H,(H,39,43)(H,40,44)(H,41,42)(H,45,46)/b32-23-. The molecular weight excluding hydrogens is 617 g/mol. The van der Waals surface area contributed by atoms with Gasteiger partial charge >= 0.3 is 5.97 Å². The highest BCUT2D eigenvalue weighted by Gasteiger charge is 2.23. The molecule has 5 rings (SSSR count). The van der Waals surface area contributed by atoms with Crippen LogP contribution < -0.4 is 16.0 Å². The third-order valence-corrected chi connectivity index (χ3v) is 8.08. The van der Waals surface area contributed by atoms with Crippen molar-refractivity contribution in [2.24, 2.45) is 0 Å². The molecule has 0 radical (unpaired) electrons. The molecule has 0 aromatic heterocycles. The fraction of sp³-hybridized carbons (Fsp3) is 0.0270. The van der Waals surface area contributed by atoms with E-state index in [0.29, 0.717) is 22.5 Å². The topological polar surface area (TPSA) is 125 Å². The van der Waals surface area contributed by atoms with Gasteiger partial charge in [0, 0.05) is 21.8 Å². The van der Waals surface area contributed by atoms with Gasteiger partial charge in [-0.05, 0) is 90.0 Å². The Labute approximate surface area is 274 Å². The summed E-state index contributed by atoms with van der Waals surface area (Å²) in [6.45, 7) is 0. The van der Waals surface area contributed by atoms with Crippen molar-refractivity contribution in [1.29, 1.82) is 0 Å². The number of hydrogen-bond donors (Lipinski definition) is 4. The van der Waals surface area contributed by atoms with Gasteiger partial charge < -0.3 is 21.1 Å². The lowest BCUT2D eigenvalue weighted by atomic mass is 10.1. The van der Waals surface area contributed by atoms with Crippen LogP contribution in [0.1, 0.15) is 37.1 Å². The van der Waals surface area contributed by atoms with Gasteiger partial charge in [-0.25, -0.2) is 9.18 Å². The third-order valence-electron chi connectivity index (χ3n) is 6.82. The molecular formula is C37H28FN3O5S. The molecule has 0 aliphatic heterocycles. The number of carboxylic acids is 1. The van der Waals surface area contributed by atoms with Crippen molar-refractivity contribution in [1.82, 2.24) is 5.32 Å². The van der Waals surface area contributed by atoms with E-state index in [0.717, 1.165) is 10.5 Å². The van der Waals surface area contributed by atoms with Crippen LogP contribution in [0.2, 0.25) is 0 Å². The van der Waals surface area contributed by atoms with Gasteiger partial charge in [0.25, 0.3) is 11.8 Å². The van der Waals surface area contributed by atoms with Crippen molar-refractivity contribution >= 4 is 52.9 Å². The summed E-state index contributed by atoms with van der Waals surface area (Å²) in [4.78, 5) is 51.6. The molecule has 47 heavy (non-hydrogen) atoms. The van der Waals surface area contributed by atoms with Gasteiger partial charge in [0.1, 0.15) is 16.8 Å². The molecule has 234 valence electrons. The highest BCUT2D eigenvalue weighted by atomic mass is 32.2. The number of nitrogens with one attached hydrogen (secondary N) is 3. The molecule has 0 bridgehead atoms. The first-order valence-electron chi connectivity index (χ1n) is 14.4. The monoisotopic (exact) mass is 645 g/mol. The van der Waals surface area contributed by atoms with E-state index >= 15 is 0 Å². The Balaban J connectivity index is 1.31. The highest BCUT2D eigenvalue weighted by Crippen LogP contribution is 2.36. The van der Waals surface area contributed by atoms with Crippen LogP contribution in [0.3, 0.4) is 0 Å². The smallest absolute Gasteiger partial charge is 0.335 e. The van der Waals surface area contributed by atoms with Crippen LogP contribution >= 0.6 is 11.8 Å². The maximum atomic E-state index is 13.5. The number of benzene rings is 5. The van der Waals surface area contributed by atoms with Gasteiger partial charge in [0.2, 0.25) is 5.91 Å². The van der Waals surface area contributed by atoms with Gasteiger partial charge in [-0.3, -0.25) is 14.4 Å². The Hall–Kier alpha value is -6.00. The molecule has 10 heteroatoms. The number of hydrogen-bond acceptors (Lipinski definition) is 5. The Morgan fingerprint density at radius 3 is 1.85 bits per heavy atom. The lowest BCUT2D eigenvalue weighted by molar-refractivity contribution is -0.116. The number of aromatic carboxylic acids is 1. The van der Waals surface area contributed by atoms with Crippen molar-refractivity contribution < 1.29 is 28.7 Å². The number of carbonyl (C=O) groups is 4. The molecule has 1 unspecified atom stereocenters. The van der Waals surface area contributed by atoms with Crippen molar-refractivity contribution in [2.45, 2.75) is 10.1 Å². The largest absolute Gasteiger partial charge is 0.478 e. The fourth-order valence-electron chi connectivity index (χ4n) is 4.42. The van der Waals surface area contributed by atoms with Crippen LogP contribution in [0.25, 0.3) is 6.08 Å². The third kappa shape index (κ3) is 9.03. The molecule has 0 saturated carbocycles. The molecule has 0 aliphatic rings. The number of anilines is 2. The van der Waals surface area contributed by atoms with E-state index in [2.05, 4.69) is 16.0 Å². The number of carboxylic acid groups (broad SMARTS) is 1. The predicted octanol–water partition coefficient (Wildman–Crippen LogP) is 7.41. The first-order valence-corrected chi connectivity index (χ1v) is 15.2. The molecule has 0 spiro atoms. The SMILES string of the molecule is O=C(Nc1ccc(SC(C(=O)Nc2ccc(C(=O)O)cc2)c2ccccc2)cc1)/C(=C/c1ccc(F)cc1)NC(=O)c1ccccc1. The lowest BCUT2D eigenvalue weighted by Gasteiger charge is -2.18. The zero-order valence-electron chi connectivity index (χ0n) is 24.7. The van der Waals surface area contributed by atoms with E-state index in [1.54, 1.807) is 54.6 Å². The summed E-state index contributed by atoms with van der Waals surface area (Å²) in [5.41, 5.74) is 2.61. The minimum Gasteiger partial charge on any atom is -0.478 e. The van der Waals surface area contributed by atoms with E-state index in [1.807, 2.05) is 30.3 Å². The molecule has 4 N–H and O–H groups in total. The Kier molecular flexibility index (Phi) is 10.6. The van der Waals surface area contributed by atoms with E-state index in [4.69, 9.17) is 5.11 Å². The minimum atomic E-state index is -1.06. The summed E-state index contributed by atoms with van der Waals surface area (Å²) in [7, 11) is 0. The number of rotatable bonds is 11. The van der Waals surface area contributed by atoms with Gasteiger partial charge in [-0.1, -0.05) is 60.7 Å². The van der Waals surface area contributed by atoms with E-state index in [-0.39, 0.29) is 17.2 Å². The summed E-state index contributed by atoms with van der Waals surface area (Å²) < 4.78 is 13.5. The molecule has 5 aromatic carbocycles. The molecule has 5 aromatic rings. The van der Waals surface area contributed by atoms with Crippen molar-refractivity contribution in [2.75, 3.05) is 10.6 Å². The molecule has 8 nitrogen and oxygen atoms in total. The van der Waals surface area contributed by atoms with Crippen molar-refractivity contribution in [3.8, 4) is 0 Å². The first-order chi connectivity index (χ1) is 22.7. The number of thioether (sulfide) groups is 1. The molecule has 3 amide bonds. The van der Waals surface area contributed by atoms with Crippen molar-refractivity contribution in [3.63, 3.8) is 0 Å². The summed E-state index contributed by atoms with van der Waals surface area (Å²) >= 11 is 1.30. The van der Waals surface area contributed by atoms with E-state index in [1.165, 1.54) is 66.4 Å². The van der Waals surface area contributed by atoms with Gasteiger partial charge in [-0.15, -0.1) is 11.8 Å². The Morgan fingerprint density at radius 1 is 0.660 bits per heavy atom. The van der Waals surface area contributed by atoms with Crippen LogP contribution in [-0.4, -0.2) is 28.8 Å². The highest BCUT2D eigenvalue weighted by molar-refractivity contribution is 8.00. The quantitative estimate of drug-likeness (QED) is 0.0876. The molecule has 0 heterocycles. The van der Waals surface area contributed by atoms with Crippen LogP contribution in [-0.2, 0) is 9.59 Å². The summed E-state index contributed by atoms with van der Waals surface area (Å²) in [5, 5.41) is 16.8. The zero-order chi connectivity index (χ0) is 33.2.